The Bertz CT molecular complexity index is 884. The van der Waals surface area contributed by atoms with Crippen molar-refractivity contribution in [2.75, 3.05) is 0 Å². The molecule has 2 aromatic rings. The maximum absolute atomic E-state index is 12.2. The van der Waals surface area contributed by atoms with Gasteiger partial charge in [-0.2, -0.15) is 0 Å². The molecule has 0 saturated heterocycles. The van der Waals surface area contributed by atoms with Gasteiger partial charge in [0.25, 0.3) is 5.91 Å². The van der Waals surface area contributed by atoms with Gasteiger partial charge in [-0.15, -0.1) is 0 Å². The van der Waals surface area contributed by atoms with Gasteiger partial charge in [0, 0.05) is 11.6 Å². The lowest BCUT2D eigenvalue weighted by atomic mass is 9.80. The molecule has 0 radical (unpaired) electrons. The summed E-state index contributed by atoms with van der Waals surface area (Å²) in [6, 6.07) is 8.69. The molecular formula is C17H18N2O6S. The minimum absolute atomic E-state index is 0.0317. The number of sulfonamides is 1. The van der Waals surface area contributed by atoms with Gasteiger partial charge in [0.05, 0.1) is 23.6 Å². The molecule has 1 aromatic carbocycles. The largest absolute Gasteiger partial charge is 0.481 e. The first-order valence-electron chi connectivity index (χ1n) is 8.01. The number of nitrogens with one attached hydrogen (secondary N) is 2. The van der Waals surface area contributed by atoms with Gasteiger partial charge < -0.3 is 14.8 Å². The van der Waals surface area contributed by atoms with Crippen molar-refractivity contribution in [3.8, 4) is 0 Å². The van der Waals surface area contributed by atoms with Crippen molar-refractivity contribution in [2.45, 2.75) is 30.3 Å². The van der Waals surface area contributed by atoms with Crippen molar-refractivity contribution in [3.63, 3.8) is 0 Å². The van der Waals surface area contributed by atoms with E-state index in [1.54, 1.807) is 12.1 Å². The fourth-order valence-corrected chi connectivity index (χ4v) is 3.65. The molecule has 9 heteroatoms. The maximum Gasteiger partial charge on any atom is 0.306 e. The van der Waals surface area contributed by atoms with E-state index in [9.17, 15) is 18.0 Å². The molecule has 3 N–H and O–H groups in total. The number of hydrogen-bond donors (Lipinski definition) is 3. The molecule has 0 atom stereocenters. The lowest BCUT2D eigenvalue weighted by Crippen LogP contribution is -2.46. The average Bonchev–Trinajstić information content (AvgIpc) is 3.09. The molecular weight excluding hydrogens is 360 g/mol. The van der Waals surface area contributed by atoms with Gasteiger partial charge >= 0.3 is 5.97 Å². The fourth-order valence-electron chi connectivity index (χ4n) is 2.65. The first-order valence-corrected chi connectivity index (χ1v) is 9.49. The van der Waals surface area contributed by atoms with Gasteiger partial charge in [-0.3, -0.25) is 9.59 Å². The summed E-state index contributed by atoms with van der Waals surface area (Å²) in [5.41, 5.74) is 0.314. The smallest absolute Gasteiger partial charge is 0.306 e. The molecule has 8 nitrogen and oxygen atoms in total. The molecule has 1 aromatic heterocycles. The molecule has 1 aliphatic rings. The molecule has 0 spiro atoms. The van der Waals surface area contributed by atoms with Gasteiger partial charge in [-0.1, -0.05) is 0 Å². The van der Waals surface area contributed by atoms with Crippen molar-refractivity contribution in [2.24, 2.45) is 5.92 Å². The second-order valence-corrected chi connectivity index (χ2v) is 7.87. The normalized spacial score (nSPS) is 19.5. The highest BCUT2D eigenvalue weighted by atomic mass is 32.2. The van der Waals surface area contributed by atoms with Gasteiger partial charge in [-0.25, -0.2) is 13.1 Å². The van der Waals surface area contributed by atoms with Crippen LogP contribution < -0.4 is 10.0 Å². The van der Waals surface area contributed by atoms with Crippen LogP contribution in [0, 0.1) is 5.92 Å². The second kappa shape index (κ2) is 7.30. The number of carboxylic acid groups (broad SMARTS) is 1. The van der Waals surface area contributed by atoms with Crippen molar-refractivity contribution in [1.29, 1.82) is 0 Å². The number of carboxylic acids is 1. The number of carbonyl (C=O) groups is 2. The maximum atomic E-state index is 12.2. The molecule has 1 amide bonds. The molecule has 0 bridgehead atoms. The van der Waals surface area contributed by atoms with E-state index in [1.165, 1.54) is 30.5 Å². The van der Waals surface area contributed by atoms with E-state index in [0.29, 0.717) is 24.2 Å². The van der Waals surface area contributed by atoms with Crippen LogP contribution in [0.15, 0.2) is 52.0 Å². The molecule has 0 unspecified atom stereocenters. The Morgan fingerprint density at radius 3 is 2.42 bits per heavy atom. The summed E-state index contributed by atoms with van der Waals surface area (Å²) >= 11 is 0. The molecule has 1 aliphatic carbocycles. The molecule has 1 saturated carbocycles. The Kier molecular flexibility index (Phi) is 5.10. The first-order chi connectivity index (χ1) is 12.3. The van der Waals surface area contributed by atoms with Gasteiger partial charge in [0.2, 0.25) is 10.0 Å². The first kappa shape index (κ1) is 18.2. The SMILES string of the molecule is O=C(NC1CC(C(=O)O)C1)c1ccc(S(=O)(=O)NCc2ccco2)cc1. The van der Waals surface area contributed by atoms with E-state index >= 15 is 0 Å². The summed E-state index contributed by atoms with van der Waals surface area (Å²) in [6.45, 7) is 0.0317. The number of carbonyl (C=O) groups excluding carboxylic acids is 1. The number of rotatable bonds is 7. The summed E-state index contributed by atoms with van der Waals surface area (Å²) < 4.78 is 32.0. The number of hydrogen-bond acceptors (Lipinski definition) is 5. The van der Waals surface area contributed by atoms with E-state index in [-0.39, 0.29) is 23.4 Å². The third-order valence-electron chi connectivity index (χ3n) is 4.27. The highest BCUT2D eigenvalue weighted by Gasteiger charge is 2.35. The monoisotopic (exact) mass is 378 g/mol. The Morgan fingerprint density at radius 2 is 1.85 bits per heavy atom. The minimum Gasteiger partial charge on any atom is -0.481 e. The van der Waals surface area contributed by atoms with E-state index < -0.39 is 21.9 Å². The minimum atomic E-state index is -3.72. The second-order valence-electron chi connectivity index (χ2n) is 6.11. The van der Waals surface area contributed by atoms with Crippen LogP contribution in [0.5, 0.6) is 0 Å². The van der Waals surface area contributed by atoms with Gasteiger partial charge in [-0.05, 0) is 49.2 Å². The van der Waals surface area contributed by atoms with E-state index in [4.69, 9.17) is 9.52 Å². The van der Waals surface area contributed by atoms with Crippen LogP contribution in [0.2, 0.25) is 0 Å². The van der Waals surface area contributed by atoms with Gasteiger partial charge in [0.15, 0.2) is 0 Å². The number of aliphatic carboxylic acids is 1. The number of amides is 1. The van der Waals surface area contributed by atoms with Crippen molar-refractivity contribution < 1.29 is 27.5 Å². The summed E-state index contributed by atoms with van der Waals surface area (Å²) in [7, 11) is -3.72. The van der Waals surface area contributed by atoms with Crippen molar-refractivity contribution in [3.05, 3.63) is 54.0 Å². The number of furan rings is 1. The molecule has 26 heavy (non-hydrogen) atoms. The molecule has 0 aliphatic heterocycles. The lowest BCUT2D eigenvalue weighted by molar-refractivity contribution is -0.145. The van der Waals surface area contributed by atoms with Crippen LogP contribution in [-0.4, -0.2) is 31.4 Å². The predicted octanol–water partition coefficient (Wildman–Crippen LogP) is 1.35. The molecule has 1 heterocycles. The topological polar surface area (TPSA) is 126 Å². The highest BCUT2D eigenvalue weighted by molar-refractivity contribution is 7.89. The Labute approximate surface area is 150 Å². The third kappa shape index (κ3) is 4.12. The van der Waals surface area contributed by atoms with Crippen LogP contribution in [0.4, 0.5) is 0 Å². The van der Waals surface area contributed by atoms with Crippen LogP contribution in [0.3, 0.4) is 0 Å². The predicted molar refractivity (Wildman–Crippen MR) is 90.8 cm³/mol. The zero-order valence-corrected chi connectivity index (χ0v) is 14.5. The molecule has 138 valence electrons. The fraction of sp³-hybridized carbons (Fsp3) is 0.294. The van der Waals surface area contributed by atoms with Crippen LogP contribution in [-0.2, 0) is 21.4 Å². The highest BCUT2D eigenvalue weighted by Crippen LogP contribution is 2.27. The van der Waals surface area contributed by atoms with Crippen LogP contribution in [0.1, 0.15) is 29.0 Å². The Morgan fingerprint density at radius 1 is 1.15 bits per heavy atom. The van der Waals surface area contributed by atoms with E-state index in [2.05, 4.69) is 10.0 Å². The van der Waals surface area contributed by atoms with Crippen molar-refractivity contribution in [1.82, 2.24) is 10.0 Å². The number of benzene rings is 1. The third-order valence-corrected chi connectivity index (χ3v) is 5.68. The van der Waals surface area contributed by atoms with Crippen LogP contribution in [0.25, 0.3) is 0 Å². The van der Waals surface area contributed by atoms with Gasteiger partial charge in [0.1, 0.15) is 5.76 Å². The standard InChI is InChI=1S/C17H18N2O6S/c20-16(19-13-8-12(9-13)17(21)22)11-3-5-15(6-4-11)26(23,24)18-10-14-2-1-7-25-14/h1-7,12-13,18H,8-10H2,(H,19,20)(H,21,22). The van der Waals surface area contributed by atoms with E-state index in [0.717, 1.165) is 0 Å². The molecule has 1 fully saturated rings. The zero-order valence-electron chi connectivity index (χ0n) is 13.7. The quantitative estimate of drug-likeness (QED) is 0.668. The molecule has 3 rings (SSSR count). The summed E-state index contributed by atoms with van der Waals surface area (Å²) in [4.78, 5) is 22.9. The summed E-state index contributed by atoms with van der Waals surface area (Å²) in [6.07, 6.45) is 2.27. The Hall–Kier alpha value is -2.65. The lowest BCUT2D eigenvalue weighted by Gasteiger charge is -2.32. The zero-order chi connectivity index (χ0) is 18.7. The summed E-state index contributed by atoms with van der Waals surface area (Å²) in [5, 5.41) is 11.6. The van der Waals surface area contributed by atoms with E-state index in [1.807, 2.05) is 0 Å². The van der Waals surface area contributed by atoms with Crippen LogP contribution >= 0.6 is 0 Å². The van der Waals surface area contributed by atoms with Crippen molar-refractivity contribution >= 4 is 21.9 Å². The average molecular weight is 378 g/mol. The summed E-state index contributed by atoms with van der Waals surface area (Å²) in [5.74, 6) is -1.13. The Balaban J connectivity index is 1.57.